The van der Waals surface area contributed by atoms with E-state index in [1.54, 1.807) is 18.2 Å². The fourth-order valence-corrected chi connectivity index (χ4v) is 1.80. The molecule has 0 radical (unpaired) electrons. The highest BCUT2D eigenvalue weighted by atomic mass is 16.3. The van der Waals surface area contributed by atoms with Crippen LogP contribution in [0.25, 0.3) is 11.1 Å². The van der Waals surface area contributed by atoms with Crippen LogP contribution in [0.4, 0.5) is 0 Å². The van der Waals surface area contributed by atoms with Crippen LogP contribution in [0.3, 0.4) is 0 Å². The molecule has 0 aromatic heterocycles. The van der Waals surface area contributed by atoms with Crippen LogP contribution in [0, 0.1) is 11.3 Å². The smallest absolute Gasteiger partial charge is 0.152 e. The number of aromatic hydroxyl groups is 2. The zero-order chi connectivity index (χ0) is 13.1. The summed E-state index contributed by atoms with van der Waals surface area (Å²) in [5.41, 5.74) is 0.705. The van der Waals surface area contributed by atoms with Gasteiger partial charge in [-0.3, -0.25) is 4.79 Å². The Hall–Kier alpha value is -2.80. The van der Waals surface area contributed by atoms with Gasteiger partial charge >= 0.3 is 0 Å². The molecule has 4 heteroatoms. The third kappa shape index (κ3) is 1.78. The van der Waals surface area contributed by atoms with Gasteiger partial charge in [0.2, 0.25) is 0 Å². The maximum absolute atomic E-state index is 11.1. The van der Waals surface area contributed by atoms with Crippen molar-refractivity contribution in [2.24, 2.45) is 0 Å². The number of benzene rings is 2. The van der Waals surface area contributed by atoms with Crippen LogP contribution < -0.4 is 0 Å². The van der Waals surface area contributed by atoms with Gasteiger partial charge in [-0.2, -0.15) is 5.26 Å². The van der Waals surface area contributed by atoms with E-state index in [0.29, 0.717) is 11.8 Å². The molecule has 0 fully saturated rings. The van der Waals surface area contributed by atoms with E-state index in [4.69, 9.17) is 5.26 Å². The topological polar surface area (TPSA) is 81.3 Å². The van der Waals surface area contributed by atoms with Crippen molar-refractivity contribution in [3.05, 3.63) is 47.5 Å². The molecular weight excluding hydrogens is 230 g/mol. The van der Waals surface area contributed by atoms with E-state index in [1.807, 2.05) is 6.07 Å². The Morgan fingerprint density at radius 2 is 1.78 bits per heavy atom. The van der Waals surface area contributed by atoms with Gasteiger partial charge in [0.15, 0.2) is 6.29 Å². The minimum absolute atomic E-state index is 0.0639. The Balaban J connectivity index is 2.83. The summed E-state index contributed by atoms with van der Waals surface area (Å²) in [5.74, 6) is -0.219. The number of hydrogen-bond donors (Lipinski definition) is 2. The van der Waals surface area contributed by atoms with Gasteiger partial charge < -0.3 is 10.2 Å². The number of nitriles is 1. The molecule has 2 aromatic carbocycles. The first-order chi connectivity index (χ1) is 8.69. The Morgan fingerprint density at radius 1 is 1.06 bits per heavy atom. The summed E-state index contributed by atoms with van der Waals surface area (Å²) in [4.78, 5) is 11.1. The maximum atomic E-state index is 11.1. The predicted molar refractivity (Wildman–Crippen MR) is 65.3 cm³/mol. The van der Waals surface area contributed by atoms with Gasteiger partial charge in [-0.25, -0.2) is 0 Å². The molecule has 0 aliphatic heterocycles. The van der Waals surface area contributed by atoms with Crippen LogP contribution in [-0.2, 0) is 0 Å². The number of carbonyl (C=O) groups is 1. The van der Waals surface area contributed by atoms with E-state index >= 15 is 0 Å². The molecule has 0 unspecified atom stereocenters. The molecule has 0 atom stereocenters. The van der Waals surface area contributed by atoms with Crippen molar-refractivity contribution >= 4 is 6.29 Å². The highest BCUT2D eigenvalue weighted by molar-refractivity contribution is 5.94. The minimum Gasteiger partial charge on any atom is -0.507 e. The number of nitrogens with zero attached hydrogens (tertiary/aromatic N) is 1. The normalized spacial score (nSPS) is 9.72. The summed E-state index contributed by atoms with van der Waals surface area (Å²) in [6, 6.07) is 10.9. The Morgan fingerprint density at radius 3 is 2.39 bits per heavy atom. The first-order valence-corrected chi connectivity index (χ1v) is 5.18. The van der Waals surface area contributed by atoms with Crippen LogP contribution in [0.2, 0.25) is 0 Å². The fourth-order valence-electron chi connectivity index (χ4n) is 1.80. The Bertz CT molecular complexity index is 657. The van der Waals surface area contributed by atoms with E-state index in [-0.39, 0.29) is 28.2 Å². The summed E-state index contributed by atoms with van der Waals surface area (Å²) in [6.07, 6.45) is 0.500. The monoisotopic (exact) mass is 239 g/mol. The van der Waals surface area contributed by atoms with Crippen molar-refractivity contribution in [1.29, 1.82) is 5.26 Å². The molecule has 2 rings (SSSR count). The second-order valence-electron chi connectivity index (χ2n) is 3.67. The van der Waals surface area contributed by atoms with E-state index in [0.717, 1.165) is 0 Å². The second kappa shape index (κ2) is 4.60. The Kier molecular flexibility index (Phi) is 2.98. The zero-order valence-corrected chi connectivity index (χ0v) is 9.29. The maximum Gasteiger partial charge on any atom is 0.152 e. The lowest BCUT2D eigenvalue weighted by Gasteiger charge is -2.10. The molecule has 0 aliphatic rings. The summed E-state index contributed by atoms with van der Waals surface area (Å²) in [5, 5.41) is 28.5. The molecule has 2 aromatic rings. The first-order valence-electron chi connectivity index (χ1n) is 5.18. The van der Waals surface area contributed by atoms with E-state index in [2.05, 4.69) is 0 Å². The first kappa shape index (κ1) is 11.7. The molecule has 0 aliphatic carbocycles. The van der Waals surface area contributed by atoms with E-state index < -0.39 is 0 Å². The number of phenols is 2. The molecular formula is C14H9NO3. The van der Waals surface area contributed by atoms with Crippen LogP contribution >= 0.6 is 0 Å². The van der Waals surface area contributed by atoms with Crippen molar-refractivity contribution in [2.75, 3.05) is 0 Å². The highest BCUT2D eigenvalue weighted by Crippen LogP contribution is 2.38. The van der Waals surface area contributed by atoms with Gasteiger partial charge in [0.05, 0.1) is 11.6 Å². The van der Waals surface area contributed by atoms with Crippen LogP contribution in [0.1, 0.15) is 15.9 Å². The molecule has 88 valence electrons. The molecule has 0 amide bonds. The molecule has 0 bridgehead atoms. The number of aldehydes is 1. The summed E-state index contributed by atoms with van der Waals surface area (Å²) in [6.45, 7) is 0. The summed E-state index contributed by atoms with van der Waals surface area (Å²) >= 11 is 0. The van der Waals surface area contributed by atoms with Crippen molar-refractivity contribution in [3.63, 3.8) is 0 Å². The number of phenolic OH excluding ortho intramolecular Hbond substituents is 2. The van der Waals surface area contributed by atoms with Crippen LogP contribution in [0.15, 0.2) is 36.4 Å². The van der Waals surface area contributed by atoms with Gasteiger partial charge in [-0.15, -0.1) is 0 Å². The predicted octanol–water partition coefficient (Wildman–Crippen LogP) is 2.45. The van der Waals surface area contributed by atoms with Crippen LogP contribution in [0.5, 0.6) is 11.5 Å². The number of rotatable bonds is 2. The lowest BCUT2D eigenvalue weighted by molar-refractivity contribution is 0.112. The average Bonchev–Trinajstić information content (AvgIpc) is 2.39. The summed E-state index contributed by atoms with van der Waals surface area (Å²) in [7, 11) is 0. The van der Waals surface area contributed by atoms with Gasteiger partial charge in [-0.05, 0) is 18.2 Å². The standard InChI is InChI=1S/C14H9NO3/c15-7-9-5-6-13(18)14(11(9)8-16)10-3-1-2-4-12(10)17/h1-6,8,17-18H. The summed E-state index contributed by atoms with van der Waals surface area (Å²) < 4.78 is 0. The van der Waals surface area contributed by atoms with Crippen molar-refractivity contribution < 1.29 is 15.0 Å². The second-order valence-corrected chi connectivity index (χ2v) is 3.67. The van der Waals surface area contributed by atoms with Crippen molar-refractivity contribution in [1.82, 2.24) is 0 Å². The molecule has 2 N–H and O–H groups in total. The van der Waals surface area contributed by atoms with Crippen molar-refractivity contribution in [3.8, 4) is 28.7 Å². The lowest BCUT2D eigenvalue weighted by Crippen LogP contribution is -1.93. The molecule has 0 heterocycles. The van der Waals surface area contributed by atoms with Gasteiger partial charge in [0.1, 0.15) is 11.5 Å². The minimum atomic E-state index is -0.155. The molecule has 4 nitrogen and oxygen atoms in total. The van der Waals surface area contributed by atoms with Gasteiger partial charge in [-0.1, -0.05) is 18.2 Å². The SMILES string of the molecule is N#Cc1ccc(O)c(-c2ccccc2O)c1C=O. The molecule has 0 spiro atoms. The Labute approximate surface area is 103 Å². The third-order valence-electron chi connectivity index (χ3n) is 2.64. The third-order valence-corrected chi connectivity index (χ3v) is 2.64. The average molecular weight is 239 g/mol. The van der Waals surface area contributed by atoms with E-state index in [9.17, 15) is 15.0 Å². The number of para-hydroxylation sites is 1. The quantitative estimate of drug-likeness (QED) is 0.788. The molecule has 0 saturated heterocycles. The highest BCUT2D eigenvalue weighted by Gasteiger charge is 2.16. The van der Waals surface area contributed by atoms with Crippen LogP contribution in [-0.4, -0.2) is 16.5 Å². The number of carbonyl (C=O) groups excluding carboxylic acids is 1. The van der Waals surface area contributed by atoms with Crippen molar-refractivity contribution in [2.45, 2.75) is 0 Å². The number of hydrogen-bond acceptors (Lipinski definition) is 4. The van der Waals surface area contributed by atoms with Gasteiger partial charge in [0, 0.05) is 16.7 Å². The zero-order valence-electron chi connectivity index (χ0n) is 9.29. The lowest BCUT2D eigenvalue weighted by atomic mass is 9.95. The van der Waals surface area contributed by atoms with Gasteiger partial charge in [0.25, 0.3) is 0 Å². The fraction of sp³-hybridized carbons (Fsp3) is 0. The molecule has 0 saturated carbocycles. The molecule has 18 heavy (non-hydrogen) atoms. The van der Waals surface area contributed by atoms with E-state index in [1.165, 1.54) is 18.2 Å². The largest absolute Gasteiger partial charge is 0.507 e.